The second kappa shape index (κ2) is 9.53. The van der Waals surface area contributed by atoms with E-state index in [9.17, 15) is 4.79 Å². The lowest BCUT2D eigenvalue weighted by Gasteiger charge is -2.49. The number of hydrogen-bond acceptors (Lipinski definition) is 3. The van der Waals surface area contributed by atoms with Gasteiger partial charge in [-0.1, -0.05) is 29.8 Å². The fraction of sp³-hybridized carbons (Fsp3) is 0.529. The highest BCUT2D eigenvalue weighted by atomic mass is 16.5. The zero-order valence-electron chi connectivity index (χ0n) is 23.6. The van der Waals surface area contributed by atoms with Crippen molar-refractivity contribution in [3.63, 3.8) is 0 Å². The Morgan fingerprint density at radius 3 is 2.59 bits per heavy atom. The molecule has 3 saturated carbocycles. The number of carbonyl (C=O) groups excluding carboxylic acids is 1. The van der Waals surface area contributed by atoms with Crippen LogP contribution in [0.3, 0.4) is 0 Å². The molecule has 1 heterocycles. The van der Waals surface area contributed by atoms with E-state index in [2.05, 4.69) is 60.2 Å². The van der Waals surface area contributed by atoms with Crippen molar-refractivity contribution in [3.05, 3.63) is 65.4 Å². The molecule has 39 heavy (non-hydrogen) atoms. The van der Waals surface area contributed by atoms with Gasteiger partial charge in [-0.3, -0.25) is 4.79 Å². The Balaban J connectivity index is 1.22. The summed E-state index contributed by atoms with van der Waals surface area (Å²) in [6.07, 6.45) is 10.9. The maximum atomic E-state index is 14.0. The van der Waals surface area contributed by atoms with Crippen LogP contribution in [0.4, 0.5) is 0 Å². The van der Waals surface area contributed by atoms with Gasteiger partial charge in [-0.15, -0.1) is 0 Å². The summed E-state index contributed by atoms with van der Waals surface area (Å²) in [6, 6.07) is 17.0. The van der Waals surface area contributed by atoms with Gasteiger partial charge in [0.25, 0.3) is 0 Å². The van der Waals surface area contributed by atoms with Crippen LogP contribution in [0.15, 0.2) is 48.5 Å². The number of methoxy groups -OCH3 is 1. The lowest BCUT2D eigenvalue weighted by molar-refractivity contribution is -0.125. The zero-order valence-corrected chi connectivity index (χ0v) is 23.6. The number of hydrogen-bond donors (Lipinski definition) is 1. The molecule has 0 radical (unpaired) electrons. The number of benzene rings is 2. The van der Waals surface area contributed by atoms with Crippen LogP contribution in [0.5, 0.6) is 5.75 Å². The normalized spacial score (nSPS) is 29.6. The van der Waals surface area contributed by atoms with E-state index in [1.165, 1.54) is 49.7 Å². The summed E-state index contributed by atoms with van der Waals surface area (Å²) < 4.78 is 7.46. The van der Waals surface area contributed by atoms with E-state index < -0.39 is 0 Å². The molecule has 0 spiro atoms. The molecular weight excluding hydrogens is 482 g/mol. The van der Waals surface area contributed by atoms with Crippen molar-refractivity contribution < 1.29 is 9.53 Å². The number of amides is 1. The highest BCUT2D eigenvalue weighted by molar-refractivity contribution is 5.85. The molecule has 0 saturated heterocycles. The molecule has 0 aliphatic heterocycles. The standard InChI is InChI=1S/C34H41N3O2/c1-21-7-9-24(10-8-21)32-29-5-4-6-30(31(29)36-37(32)27-11-13-28(39-3)14-12-27)33(38)35-22(2)34-16-15-25-17-23(19-34)18-26(25)20-34/h7-14,22-23,25-26,30H,4-6,15-20H2,1-3H3,(H,35,38). The molecule has 5 nitrogen and oxygen atoms in total. The van der Waals surface area contributed by atoms with Crippen LogP contribution in [-0.4, -0.2) is 28.8 Å². The van der Waals surface area contributed by atoms with Gasteiger partial charge >= 0.3 is 0 Å². The summed E-state index contributed by atoms with van der Waals surface area (Å²) in [4.78, 5) is 14.0. The van der Waals surface area contributed by atoms with Gasteiger partial charge < -0.3 is 10.1 Å². The number of aromatic nitrogens is 2. The Hall–Kier alpha value is -3.08. The molecule has 4 aliphatic carbocycles. The molecule has 4 aliphatic rings. The lowest BCUT2D eigenvalue weighted by atomic mass is 9.59. The maximum absolute atomic E-state index is 14.0. The van der Waals surface area contributed by atoms with Gasteiger partial charge in [0, 0.05) is 17.2 Å². The van der Waals surface area contributed by atoms with E-state index in [-0.39, 0.29) is 17.9 Å². The average molecular weight is 524 g/mol. The molecule has 3 aromatic rings. The molecule has 1 aromatic heterocycles. The molecule has 3 fully saturated rings. The first-order valence-electron chi connectivity index (χ1n) is 15.1. The van der Waals surface area contributed by atoms with Gasteiger partial charge in [0.05, 0.1) is 30.1 Å². The lowest BCUT2D eigenvalue weighted by Crippen LogP contribution is -2.51. The summed E-state index contributed by atoms with van der Waals surface area (Å²) in [7, 11) is 1.69. The molecule has 204 valence electrons. The maximum Gasteiger partial charge on any atom is 0.229 e. The minimum Gasteiger partial charge on any atom is -0.497 e. The fourth-order valence-corrected chi connectivity index (χ4v) is 8.79. The quantitative estimate of drug-likeness (QED) is 0.379. The molecule has 1 amide bonds. The van der Waals surface area contributed by atoms with Crippen molar-refractivity contribution in [3.8, 4) is 22.7 Å². The number of rotatable bonds is 6. The van der Waals surface area contributed by atoms with Gasteiger partial charge in [-0.2, -0.15) is 5.10 Å². The largest absolute Gasteiger partial charge is 0.497 e. The molecule has 7 rings (SSSR count). The molecular formula is C34H41N3O2. The Labute approximate surface area is 232 Å². The van der Waals surface area contributed by atoms with Crippen LogP contribution in [0.25, 0.3) is 16.9 Å². The minimum atomic E-state index is -0.201. The van der Waals surface area contributed by atoms with E-state index in [0.717, 1.165) is 65.4 Å². The second-order valence-corrected chi connectivity index (χ2v) is 13.0. The van der Waals surface area contributed by atoms with E-state index in [1.807, 2.05) is 12.1 Å². The van der Waals surface area contributed by atoms with Crippen LogP contribution in [0, 0.1) is 30.1 Å². The summed E-state index contributed by atoms with van der Waals surface area (Å²) in [5.41, 5.74) is 6.96. The van der Waals surface area contributed by atoms with E-state index in [4.69, 9.17) is 9.84 Å². The predicted octanol–water partition coefficient (Wildman–Crippen LogP) is 7.00. The van der Waals surface area contributed by atoms with Crippen molar-refractivity contribution in [1.29, 1.82) is 0 Å². The van der Waals surface area contributed by atoms with Gasteiger partial charge in [-0.25, -0.2) is 4.68 Å². The Morgan fingerprint density at radius 1 is 1.05 bits per heavy atom. The Bertz CT molecular complexity index is 1370. The van der Waals surface area contributed by atoms with Crippen LogP contribution in [-0.2, 0) is 11.2 Å². The van der Waals surface area contributed by atoms with Gasteiger partial charge in [0.15, 0.2) is 0 Å². The van der Waals surface area contributed by atoms with Crippen LogP contribution >= 0.6 is 0 Å². The molecule has 2 aromatic carbocycles. The first kappa shape index (κ1) is 24.9. The van der Waals surface area contributed by atoms with Crippen molar-refractivity contribution in [2.24, 2.45) is 23.2 Å². The van der Waals surface area contributed by atoms with E-state index >= 15 is 0 Å². The fourth-order valence-electron chi connectivity index (χ4n) is 8.79. The summed E-state index contributed by atoms with van der Waals surface area (Å²) in [5, 5.41) is 8.76. The first-order chi connectivity index (χ1) is 18.9. The minimum absolute atomic E-state index is 0.174. The highest BCUT2D eigenvalue weighted by Gasteiger charge is 2.54. The van der Waals surface area contributed by atoms with Gasteiger partial charge in [0.2, 0.25) is 5.91 Å². The third-order valence-corrected chi connectivity index (χ3v) is 10.8. The predicted molar refractivity (Wildman–Crippen MR) is 154 cm³/mol. The molecule has 6 unspecified atom stereocenters. The number of carbonyl (C=O) groups is 1. The van der Waals surface area contributed by atoms with Gasteiger partial charge in [0.1, 0.15) is 5.75 Å². The zero-order chi connectivity index (χ0) is 26.7. The molecule has 3 bridgehead atoms. The Morgan fingerprint density at radius 2 is 1.82 bits per heavy atom. The first-order valence-corrected chi connectivity index (χ1v) is 15.1. The Kier molecular flexibility index (Phi) is 6.09. The summed E-state index contributed by atoms with van der Waals surface area (Å²) in [5.74, 6) is 3.53. The number of aryl methyl sites for hydroxylation is 1. The van der Waals surface area contributed by atoms with Crippen molar-refractivity contribution in [1.82, 2.24) is 15.1 Å². The van der Waals surface area contributed by atoms with Crippen molar-refractivity contribution >= 4 is 5.91 Å². The second-order valence-electron chi connectivity index (χ2n) is 13.0. The van der Waals surface area contributed by atoms with Gasteiger partial charge in [-0.05, 0) is 119 Å². The third kappa shape index (κ3) is 4.20. The summed E-state index contributed by atoms with van der Waals surface area (Å²) >= 11 is 0. The van der Waals surface area contributed by atoms with E-state index in [1.54, 1.807) is 7.11 Å². The highest BCUT2D eigenvalue weighted by Crippen LogP contribution is 2.61. The van der Waals surface area contributed by atoms with E-state index in [0.29, 0.717) is 5.41 Å². The van der Waals surface area contributed by atoms with Crippen molar-refractivity contribution in [2.45, 2.75) is 83.6 Å². The monoisotopic (exact) mass is 523 g/mol. The topological polar surface area (TPSA) is 56.2 Å². The van der Waals surface area contributed by atoms with Crippen LogP contribution in [0.1, 0.15) is 81.0 Å². The smallest absolute Gasteiger partial charge is 0.229 e. The summed E-state index contributed by atoms with van der Waals surface area (Å²) in [6.45, 7) is 4.41. The average Bonchev–Trinajstić information content (AvgIpc) is 3.44. The number of nitrogens with one attached hydrogen (secondary N) is 1. The van der Waals surface area contributed by atoms with Crippen LogP contribution < -0.4 is 10.1 Å². The molecule has 1 N–H and O–H groups in total. The molecule has 6 atom stereocenters. The number of nitrogens with zero attached hydrogens (tertiary/aromatic N) is 2. The van der Waals surface area contributed by atoms with Crippen molar-refractivity contribution in [2.75, 3.05) is 7.11 Å². The third-order valence-electron chi connectivity index (χ3n) is 10.8. The van der Waals surface area contributed by atoms with Crippen LogP contribution in [0.2, 0.25) is 0 Å². The SMILES string of the molecule is COc1ccc(-n2nc3c(c2-c2ccc(C)cc2)CCCC3C(=O)NC(C)C23CCC4CC(CC4C2)C3)cc1. The number of ether oxygens (including phenoxy) is 1. The number of fused-ring (bicyclic) bond motifs is 3. The molecule has 5 heteroatoms.